The average molecular weight is 348 g/mol. The Bertz CT molecular complexity index is 884. The minimum atomic E-state index is -0.684. The van der Waals surface area contributed by atoms with Gasteiger partial charge in [-0.1, -0.05) is 18.2 Å². The topological polar surface area (TPSA) is 74.7 Å². The van der Waals surface area contributed by atoms with E-state index < -0.39 is 5.54 Å². The van der Waals surface area contributed by atoms with Crippen molar-refractivity contribution in [2.24, 2.45) is 4.99 Å². The fourth-order valence-corrected chi connectivity index (χ4v) is 3.63. The van der Waals surface area contributed by atoms with Crippen molar-refractivity contribution >= 4 is 17.6 Å². The van der Waals surface area contributed by atoms with E-state index in [1.54, 1.807) is 18.0 Å². The number of amides is 2. The first kappa shape index (κ1) is 16.4. The number of aromatic nitrogens is 1. The van der Waals surface area contributed by atoms with Crippen LogP contribution < -0.4 is 5.32 Å². The minimum Gasteiger partial charge on any atom is -0.338 e. The molecule has 1 spiro atoms. The van der Waals surface area contributed by atoms with Gasteiger partial charge in [-0.25, -0.2) is 0 Å². The Kier molecular flexibility index (Phi) is 4.03. The molecular formula is C20H20N4O2. The molecule has 1 N–H and O–H groups in total. The largest absolute Gasteiger partial charge is 0.338 e. The number of carbonyl (C=O) groups is 2. The predicted octanol–water partition coefficient (Wildman–Crippen LogP) is 2.27. The average Bonchev–Trinajstić information content (AvgIpc) is 2.95. The summed E-state index contributed by atoms with van der Waals surface area (Å²) in [5.74, 6) is 0.605. The molecule has 1 aromatic heterocycles. The maximum Gasteiger partial charge on any atom is 0.253 e. The van der Waals surface area contributed by atoms with E-state index in [0.29, 0.717) is 37.3 Å². The van der Waals surface area contributed by atoms with Gasteiger partial charge in [-0.05, 0) is 44.0 Å². The minimum absolute atomic E-state index is 0.0169. The van der Waals surface area contributed by atoms with Crippen LogP contribution in [-0.4, -0.2) is 46.2 Å². The Morgan fingerprint density at radius 2 is 1.96 bits per heavy atom. The number of nitrogens with zero attached hydrogens (tertiary/aromatic N) is 3. The molecule has 26 heavy (non-hydrogen) atoms. The van der Waals surface area contributed by atoms with E-state index in [1.807, 2.05) is 42.5 Å². The van der Waals surface area contributed by atoms with E-state index in [4.69, 9.17) is 0 Å². The molecule has 4 rings (SSSR count). The van der Waals surface area contributed by atoms with Gasteiger partial charge in [-0.2, -0.15) is 0 Å². The Labute approximate surface area is 152 Å². The lowest BCUT2D eigenvalue weighted by atomic mass is 9.87. The van der Waals surface area contributed by atoms with Crippen LogP contribution in [0.4, 0.5) is 0 Å². The smallest absolute Gasteiger partial charge is 0.253 e. The first-order valence-electron chi connectivity index (χ1n) is 8.76. The summed E-state index contributed by atoms with van der Waals surface area (Å²) in [5, 5.41) is 2.78. The van der Waals surface area contributed by atoms with Crippen molar-refractivity contribution in [2.45, 2.75) is 25.3 Å². The van der Waals surface area contributed by atoms with E-state index >= 15 is 0 Å². The highest BCUT2D eigenvalue weighted by Crippen LogP contribution is 2.30. The summed E-state index contributed by atoms with van der Waals surface area (Å²) in [5.41, 5.74) is 1.71. The summed E-state index contributed by atoms with van der Waals surface area (Å²) in [7, 11) is 0. The van der Waals surface area contributed by atoms with Crippen LogP contribution in [0, 0.1) is 0 Å². The molecule has 2 aliphatic rings. The summed E-state index contributed by atoms with van der Waals surface area (Å²) < 4.78 is 0. The number of pyridine rings is 1. The summed E-state index contributed by atoms with van der Waals surface area (Å²) in [6.45, 7) is 2.85. The first-order chi connectivity index (χ1) is 12.6. The maximum atomic E-state index is 12.9. The lowest BCUT2D eigenvalue weighted by molar-refractivity contribution is -0.125. The molecule has 132 valence electrons. The predicted molar refractivity (Wildman–Crippen MR) is 98.8 cm³/mol. The molecule has 2 aromatic rings. The van der Waals surface area contributed by atoms with E-state index in [1.165, 1.54) is 0 Å². The highest BCUT2D eigenvalue weighted by atomic mass is 16.2. The zero-order valence-electron chi connectivity index (χ0n) is 14.6. The van der Waals surface area contributed by atoms with Gasteiger partial charge < -0.3 is 10.2 Å². The second-order valence-corrected chi connectivity index (χ2v) is 6.77. The van der Waals surface area contributed by atoms with E-state index in [-0.39, 0.29) is 11.8 Å². The monoisotopic (exact) mass is 348 g/mol. The zero-order valence-corrected chi connectivity index (χ0v) is 14.6. The summed E-state index contributed by atoms with van der Waals surface area (Å²) >= 11 is 0. The third kappa shape index (κ3) is 2.87. The normalized spacial score (nSPS) is 18.6. The second-order valence-electron chi connectivity index (χ2n) is 6.77. The highest BCUT2D eigenvalue weighted by Gasteiger charge is 2.45. The van der Waals surface area contributed by atoms with Crippen LogP contribution in [0.25, 0.3) is 11.3 Å². The number of amidine groups is 1. The molecule has 1 fully saturated rings. The van der Waals surface area contributed by atoms with Crippen LogP contribution >= 0.6 is 0 Å². The number of hydrogen-bond donors (Lipinski definition) is 1. The van der Waals surface area contributed by atoms with Gasteiger partial charge in [0.25, 0.3) is 11.8 Å². The first-order valence-corrected chi connectivity index (χ1v) is 8.76. The molecule has 0 bridgehead atoms. The molecule has 2 amide bonds. The quantitative estimate of drug-likeness (QED) is 0.905. The SMILES string of the molecule is CC1=NC2(CCN(C(=O)c3cccc(-c4ccccn4)c3)CC2)C(=O)N1. The van der Waals surface area contributed by atoms with Crippen molar-refractivity contribution in [3.05, 3.63) is 54.2 Å². The summed E-state index contributed by atoms with van der Waals surface area (Å²) in [6.07, 6.45) is 2.85. The van der Waals surface area contributed by atoms with E-state index in [9.17, 15) is 9.59 Å². The van der Waals surface area contributed by atoms with Gasteiger partial charge in [0.05, 0.1) is 5.69 Å². The molecule has 0 atom stereocenters. The van der Waals surface area contributed by atoms with Crippen molar-refractivity contribution < 1.29 is 9.59 Å². The summed E-state index contributed by atoms with van der Waals surface area (Å²) in [4.78, 5) is 35.7. The van der Waals surface area contributed by atoms with E-state index in [0.717, 1.165) is 11.3 Å². The molecule has 1 saturated heterocycles. The number of aliphatic imine (C=N–C) groups is 1. The van der Waals surface area contributed by atoms with Gasteiger partial charge in [0.15, 0.2) is 0 Å². The van der Waals surface area contributed by atoms with Crippen LogP contribution in [-0.2, 0) is 4.79 Å². The van der Waals surface area contributed by atoms with Crippen LogP contribution in [0.2, 0.25) is 0 Å². The summed E-state index contributed by atoms with van der Waals surface area (Å²) in [6, 6.07) is 13.2. The molecule has 0 radical (unpaired) electrons. The van der Waals surface area contributed by atoms with Gasteiger partial charge in [-0.15, -0.1) is 0 Å². The Hall–Kier alpha value is -3.02. The number of rotatable bonds is 2. The fourth-order valence-electron chi connectivity index (χ4n) is 3.63. The van der Waals surface area contributed by atoms with Crippen molar-refractivity contribution in [2.75, 3.05) is 13.1 Å². The number of carbonyl (C=O) groups excluding carboxylic acids is 2. The third-order valence-electron chi connectivity index (χ3n) is 5.05. The molecule has 0 aliphatic carbocycles. The number of nitrogens with one attached hydrogen (secondary N) is 1. The standard InChI is InChI=1S/C20H20N4O2/c1-14-22-19(26)20(23-14)8-11-24(12-9-20)18(25)16-6-4-5-15(13-16)17-7-2-3-10-21-17/h2-7,10,13H,8-9,11-12H2,1H3,(H,22,23,26). The number of benzene rings is 1. The lowest BCUT2D eigenvalue weighted by Gasteiger charge is -2.35. The second kappa shape index (κ2) is 6.37. The maximum absolute atomic E-state index is 12.9. The fraction of sp³-hybridized carbons (Fsp3) is 0.300. The number of likely N-dealkylation sites (tertiary alicyclic amines) is 1. The molecule has 6 nitrogen and oxygen atoms in total. The van der Waals surface area contributed by atoms with Gasteiger partial charge >= 0.3 is 0 Å². The number of hydrogen-bond acceptors (Lipinski definition) is 4. The molecule has 0 unspecified atom stereocenters. The molecule has 2 aliphatic heterocycles. The third-order valence-corrected chi connectivity index (χ3v) is 5.05. The molecule has 3 heterocycles. The van der Waals surface area contributed by atoms with Crippen LogP contribution in [0.1, 0.15) is 30.1 Å². The van der Waals surface area contributed by atoms with Gasteiger partial charge in [0.2, 0.25) is 0 Å². The molecule has 6 heteroatoms. The van der Waals surface area contributed by atoms with Gasteiger partial charge in [-0.3, -0.25) is 19.6 Å². The molecular weight excluding hydrogens is 328 g/mol. The van der Waals surface area contributed by atoms with Crippen LogP contribution in [0.3, 0.4) is 0 Å². The lowest BCUT2D eigenvalue weighted by Crippen LogP contribution is -2.50. The zero-order chi connectivity index (χ0) is 18.1. The van der Waals surface area contributed by atoms with E-state index in [2.05, 4.69) is 15.3 Å². The Morgan fingerprint density at radius 3 is 2.62 bits per heavy atom. The van der Waals surface area contributed by atoms with Crippen molar-refractivity contribution in [3.63, 3.8) is 0 Å². The van der Waals surface area contributed by atoms with Crippen molar-refractivity contribution in [1.82, 2.24) is 15.2 Å². The Morgan fingerprint density at radius 1 is 1.15 bits per heavy atom. The molecule has 1 aromatic carbocycles. The molecule has 0 saturated carbocycles. The van der Waals surface area contributed by atoms with Crippen LogP contribution in [0.15, 0.2) is 53.7 Å². The van der Waals surface area contributed by atoms with Gasteiger partial charge in [0, 0.05) is 30.4 Å². The number of piperidine rings is 1. The highest BCUT2D eigenvalue weighted by molar-refractivity contribution is 6.07. The van der Waals surface area contributed by atoms with Gasteiger partial charge in [0.1, 0.15) is 11.4 Å². The van der Waals surface area contributed by atoms with Crippen molar-refractivity contribution in [3.8, 4) is 11.3 Å². The van der Waals surface area contributed by atoms with Crippen LogP contribution in [0.5, 0.6) is 0 Å². The Balaban J connectivity index is 1.50. The van der Waals surface area contributed by atoms with Crippen molar-refractivity contribution in [1.29, 1.82) is 0 Å².